The molecule has 0 aliphatic carbocycles. The van der Waals surface area contributed by atoms with Crippen molar-refractivity contribution < 1.29 is 14.0 Å². The van der Waals surface area contributed by atoms with Crippen LogP contribution in [0.3, 0.4) is 0 Å². The topological polar surface area (TPSA) is 59.3 Å². The zero-order valence-electron chi connectivity index (χ0n) is 9.57. The first-order valence-electron chi connectivity index (χ1n) is 5.24. The largest absolute Gasteiger partial charge is 0.440 e. The maximum atomic E-state index is 11.7. The Morgan fingerprint density at radius 2 is 1.78 bits per heavy atom. The van der Waals surface area contributed by atoms with Gasteiger partial charge in [-0.05, 0) is 54.9 Å². The van der Waals surface area contributed by atoms with E-state index in [1.807, 2.05) is 0 Å². The number of furan rings is 1. The second-order valence-electron chi connectivity index (χ2n) is 3.69. The summed E-state index contributed by atoms with van der Waals surface area (Å²) in [7, 11) is 0. The van der Waals surface area contributed by atoms with Gasteiger partial charge in [-0.2, -0.15) is 0 Å². The highest BCUT2D eigenvalue weighted by Crippen LogP contribution is 2.16. The molecule has 1 N–H and O–H groups in total. The Morgan fingerprint density at radius 3 is 2.28 bits per heavy atom. The first kappa shape index (κ1) is 12.4. The molecule has 92 valence electrons. The highest BCUT2D eigenvalue weighted by atomic mass is 35.5. The summed E-state index contributed by atoms with van der Waals surface area (Å²) in [4.78, 5) is 22.8. The van der Waals surface area contributed by atoms with Gasteiger partial charge in [0.15, 0.2) is 16.8 Å². The zero-order chi connectivity index (χ0) is 13.1. The van der Waals surface area contributed by atoms with Gasteiger partial charge < -0.3 is 9.73 Å². The summed E-state index contributed by atoms with van der Waals surface area (Å²) >= 11 is 5.58. The normalized spacial score (nSPS) is 10.1. The van der Waals surface area contributed by atoms with E-state index in [1.165, 1.54) is 19.1 Å². The molecule has 1 heterocycles. The molecule has 1 amide bonds. The van der Waals surface area contributed by atoms with Crippen LogP contribution in [-0.4, -0.2) is 11.7 Å². The lowest BCUT2D eigenvalue weighted by Gasteiger charge is -2.03. The molecule has 2 rings (SSSR count). The van der Waals surface area contributed by atoms with Gasteiger partial charge in [-0.1, -0.05) is 0 Å². The van der Waals surface area contributed by atoms with Crippen molar-refractivity contribution in [1.82, 2.24) is 0 Å². The Balaban J connectivity index is 2.10. The van der Waals surface area contributed by atoms with E-state index < -0.39 is 5.91 Å². The molecule has 2 aromatic rings. The van der Waals surface area contributed by atoms with Crippen LogP contribution in [0.4, 0.5) is 5.69 Å². The Kier molecular flexibility index (Phi) is 3.48. The maximum Gasteiger partial charge on any atom is 0.291 e. The molecule has 0 fully saturated rings. The smallest absolute Gasteiger partial charge is 0.291 e. The van der Waals surface area contributed by atoms with Crippen LogP contribution < -0.4 is 5.32 Å². The summed E-state index contributed by atoms with van der Waals surface area (Å²) in [6.45, 7) is 1.48. The van der Waals surface area contributed by atoms with Gasteiger partial charge in [0.1, 0.15) is 0 Å². The molecule has 0 saturated carbocycles. The van der Waals surface area contributed by atoms with E-state index in [0.29, 0.717) is 11.3 Å². The number of Topliss-reactive ketones (excluding diaryl/α,β-unsaturated/α-hetero) is 1. The Labute approximate surface area is 109 Å². The molecule has 1 aromatic carbocycles. The van der Waals surface area contributed by atoms with Gasteiger partial charge in [0.2, 0.25) is 0 Å². The molecule has 0 aliphatic heterocycles. The summed E-state index contributed by atoms with van der Waals surface area (Å²) in [6, 6.07) is 9.58. The van der Waals surface area contributed by atoms with Crippen LogP contribution in [0.2, 0.25) is 5.22 Å². The predicted molar refractivity (Wildman–Crippen MR) is 68.1 cm³/mol. The molecule has 0 unspecified atom stereocenters. The number of ketones is 1. The predicted octanol–water partition coefficient (Wildman–Crippen LogP) is 3.39. The zero-order valence-corrected chi connectivity index (χ0v) is 10.3. The van der Waals surface area contributed by atoms with Crippen LogP contribution in [0.25, 0.3) is 0 Å². The first-order chi connectivity index (χ1) is 8.56. The minimum absolute atomic E-state index is 0.0225. The molecule has 0 radical (unpaired) electrons. The lowest BCUT2D eigenvalue weighted by atomic mass is 10.1. The van der Waals surface area contributed by atoms with Crippen molar-refractivity contribution in [3.05, 3.63) is 52.9 Å². The molecular weight excluding hydrogens is 254 g/mol. The monoisotopic (exact) mass is 263 g/mol. The van der Waals surface area contributed by atoms with E-state index in [0.717, 1.165) is 0 Å². The molecule has 5 heteroatoms. The van der Waals surface area contributed by atoms with Gasteiger partial charge in [0, 0.05) is 11.3 Å². The number of carbonyl (C=O) groups excluding carboxylic acids is 2. The third kappa shape index (κ3) is 2.78. The lowest BCUT2D eigenvalue weighted by Crippen LogP contribution is -2.10. The minimum Gasteiger partial charge on any atom is -0.440 e. The third-order valence-electron chi connectivity index (χ3n) is 2.35. The van der Waals surface area contributed by atoms with Crippen molar-refractivity contribution in [2.24, 2.45) is 0 Å². The van der Waals surface area contributed by atoms with Crippen LogP contribution >= 0.6 is 11.6 Å². The van der Waals surface area contributed by atoms with Crippen LogP contribution in [0, 0.1) is 0 Å². The van der Waals surface area contributed by atoms with E-state index in [4.69, 9.17) is 16.0 Å². The highest BCUT2D eigenvalue weighted by Gasteiger charge is 2.10. The molecule has 1 aromatic heterocycles. The van der Waals surface area contributed by atoms with Crippen molar-refractivity contribution >= 4 is 29.0 Å². The lowest BCUT2D eigenvalue weighted by molar-refractivity contribution is 0.0994. The first-order valence-corrected chi connectivity index (χ1v) is 5.62. The minimum atomic E-state index is -0.391. The maximum absolute atomic E-state index is 11.7. The number of anilines is 1. The molecule has 18 heavy (non-hydrogen) atoms. The highest BCUT2D eigenvalue weighted by molar-refractivity contribution is 6.29. The van der Waals surface area contributed by atoms with E-state index >= 15 is 0 Å². The number of hydrogen-bond acceptors (Lipinski definition) is 3. The molecule has 0 saturated heterocycles. The molecule has 0 spiro atoms. The van der Waals surface area contributed by atoms with Crippen molar-refractivity contribution in [1.29, 1.82) is 0 Å². The molecule has 0 bridgehead atoms. The third-order valence-corrected chi connectivity index (χ3v) is 2.55. The Morgan fingerprint density at radius 1 is 1.11 bits per heavy atom. The number of rotatable bonds is 3. The Hall–Kier alpha value is -2.07. The number of carbonyl (C=O) groups is 2. The van der Waals surface area contributed by atoms with Crippen LogP contribution in [-0.2, 0) is 0 Å². The SMILES string of the molecule is CC(=O)c1ccc(NC(=O)c2ccc(Cl)o2)cc1. The van der Waals surface area contributed by atoms with Crippen LogP contribution in [0.15, 0.2) is 40.8 Å². The second kappa shape index (κ2) is 5.06. The summed E-state index contributed by atoms with van der Waals surface area (Å²) in [5.74, 6) is -0.279. The van der Waals surface area contributed by atoms with Crippen molar-refractivity contribution in [2.45, 2.75) is 6.92 Å². The van der Waals surface area contributed by atoms with E-state index in [9.17, 15) is 9.59 Å². The van der Waals surface area contributed by atoms with Gasteiger partial charge in [0.05, 0.1) is 0 Å². The molecule has 0 atom stereocenters. The van der Waals surface area contributed by atoms with E-state index in [1.54, 1.807) is 24.3 Å². The van der Waals surface area contributed by atoms with Gasteiger partial charge in [-0.15, -0.1) is 0 Å². The number of nitrogens with one attached hydrogen (secondary N) is 1. The summed E-state index contributed by atoms with van der Waals surface area (Å²) in [6.07, 6.45) is 0. The molecular formula is C13H10ClNO3. The summed E-state index contributed by atoms with van der Waals surface area (Å²) < 4.78 is 4.98. The number of halogens is 1. The average molecular weight is 264 g/mol. The van der Waals surface area contributed by atoms with Gasteiger partial charge in [-0.25, -0.2) is 0 Å². The molecule has 0 aliphatic rings. The van der Waals surface area contributed by atoms with Gasteiger partial charge in [-0.3, -0.25) is 9.59 Å². The fraction of sp³-hybridized carbons (Fsp3) is 0.0769. The quantitative estimate of drug-likeness (QED) is 0.864. The van der Waals surface area contributed by atoms with Gasteiger partial charge >= 0.3 is 0 Å². The van der Waals surface area contributed by atoms with Gasteiger partial charge in [0.25, 0.3) is 5.91 Å². The number of benzene rings is 1. The average Bonchev–Trinajstić information content (AvgIpc) is 2.76. The van der Waals surface area contributed by atoms with E-state index in [-0.39, 0.29) is 16.8 Å². The van der Waals surface area contributed by atoms with E-state index in [2.05, 4.69) is 5.32 Å². The second-order valence-corrected chi connectivity index (χ2v) is 4.06. The van der Waals surface area contributed by atoms with Crippen molar-refractivity contribution in [2.75, 3.05) is 5.32 Å². The fourth-order valence-corrected chi connectivity index (χ4v) is 1.56. The van der Waals surface area contributed by atoms with Crippen LogP contribution in [0.5, 0.6) is 0 Å². The summed E-state index contributed by atoms with van der Waals surface area (Å²) in [5.41, 5.74) is 1.17. The molecule has 4 nitrogen and oxygen atoms in total. The Bertz CT molecular complexity index is 587. The standard InChI is InChI=1S/C13H10ClNO3/c1-8(16)9-2-4-10(5-3-9)15-13(17)11-6-7-12(14)18-11/h2-7H,1H3,(H,15,17). The van der Waals surface area contributed by atoms with Crippen molar-refractivity contribution in [3.63, 3.8) is 0 Å². The van der Waals surface area contributed by atoms with Crippen molar-refractivity contribution in [3.8, 4) is 0 Å². The number of amides is 1. The fourth-order valence-electron chi connectivity index (χ4n) is 1.42. The van der Waals surface area contributed by atoms with Crippen LogP contribution in [0.1, 0.15) is 27.8 Å². The number of hydrogen-bond donors (Lipinski definition) is 1. The summed E-state index contributed by atoms with van der Waals surface area (Å²) in [5, 5.41) is 2.79.